The first-order valence-electron chi connectivity index (χ1n) is 3.62. The average molecular weight is 180 g/mol. The molecule has 0 amide bonds. The minimum atomic E-state index is -0.685. The van der Waals surface area contributed by atoms with Crippen LogP contribution in [0.3, 0.4) is 0 Å². The molecule has 1 atom stereocenters. The van der Waals surface area contributed by atoms with Crippen LogP contribution in [0.1, 0.15) is 11.8 Å². The second-order valence-electron chi connectivity index (χ2n) is 2.59. The fraction of sp³-hybridized carbons (Fsp3) is 0.125. The molecular formula is C8H8N2OS. The number of nitrogens with one attached hydrogen (secondary N) is 2. The molecule has 1 aliphatic rings. The maximum Gasteiger partial charge on any atom is 0.173 e. The first kappa shape index (κ1) is 7.52. The molecule has 1 aliphatic heterocycles. The van der Waals surface area contributed by atoms with Crippen molar-refractivity contribution in [3.63, 3.8) is 0 Å². The molecule has 1 aromatic carbocycles. The van der Waals surface area contributed by atoms with E-state index in [4.69, 9.17) is 12.2 Å². The predicted molar refractivity (Wildman–Crippen MR) is 50.8 cm³/mol. The fourth-order valence-corrected chi connectivity index (χ4v) is 1.43. The summed E-state index contributed by atoms with van der Waals surface area (Å²) in [4.78, 5) is 0. The maximum absolute atomic E-state index is 9.49. The molecule has 0 aliphatic carbocycles. The van der Waals surface area contributed by atoms with Crippen molar-refractivity contribution in [2.24, 2.45) is 0 Å². The zero-order valence-electron chi connectivity index (χ0n) is 6.24. The molecule has 3 nitrogen and oxygen atoms in total. The molecule has 12 heavy (non-hydrogen) atoms. The number of aliphatic hydroxyl groups is 1. The van der Waals surface area contributed by atoms with Gasteiger partial charge in [0.25, 0.3) is 0 Å². The van der Waals surface area contributed by atoms with Gasteiger partial charge < -0.3 is 15.7 Å². The number of fused-ring (bicyclic) bond motifs is 1. The summed E-state index contributed by atoms with van der Waals surface area (Å²) in [5.74, 6) is 0. The van der Waals surface area contributed by atoms with Crippen LogP contribution in [0.5, 0.6) is 0 Å². The molecule has 0 radical (unpaired) electrons. The number of hydrogen-bond donors (Lipinski definition) is 3. The Hall–Kier alpha value is -1.13. The molecule has 0 fully saturated rings. The fourth-order valence-electron chi connectivity index (χ4n) is 1.21. The predicted octanol–water partition coefficient (Wildman–Crippen LogP) is 0.978. The monoisotopic (exact) mass is 180 g/mol. The van der Waals surface area contributed by atoms with E-state index in [2.05, 4.69) is 10.6 Å². The molecule has 62 valence electrons. The van der Waals surface area contributed by atoms with Gasteiger partial charge in [-0.3, -0.25) is 0 Å². The Morgan fingerprint density at radius 3 is 2.92 bits per heavy atom. The first-order chi connectivity index (χ1) is 5.77. The molecule has 4 heteroatoms. The number of para-hydroxylation sites is 1. The Balaban J connectivity index is 2.47. The zero-order valence-corrected chi connectivity index (χ0v) is 7.06. The van der Waals surface area contributed by atoms with Crippen molar-refractivity contribution in [1.29, 1.82) is 0 Å². The number of rotatable bonds is 0. The molecular weight excluding hydrogens is 172 g/mol. The van der Waals surface area contributed by atoms with Crippen molar-refractivity contribution in [3.05, 3.63) is 29.8 Å². The smallest absolute Gasteiger partial charge is 0.173 e. The Kier molecular flexibility index (Phi) is 1.71. The molecule has 1 unspecified atom stereocenters. The molecule has 0 saturated heterocycles. The van der Waals surface area contributed by atoms with Gasteiger partial charge in [-0.2, -0.15) is 0 Å². The van der Waals surface area contributed by atoms with Gasteiger partial charge in [0, 0.05) is 11.3 Å². The topological polar surface area (TPSA) is 44.3 Å². The Bertz CT molecular complexity index is 327. The summed E-state index contributed by atoms with van der Waals surface area (Å²) < 4.78 is 0. The van der Waals surface area contributed by atoms with Crippen LogP contribution < -0.4 is 10.6 Å². The third kappa shape index (κ3) is 1.15. The third-order valence-electron chi connectivity index (χ3n) is 1.77. The van der Waals surface area contributed by atoms with E-state index in [1.165, 1.54) is 0 Å². The third-order valence-corrected chi connectivity index (χ3v) is 1.99. The Morgan fingerprint density at radius 2 is 2.08 bits per heavy atom. The van der Waals surface area contributed by atoms with E-state index >= 15 is 0 Å². The second-order valence-corrected chi connectivity index (χ2v) is 3.00. The van der Waals surface area contributed by atoms with Crippen LogP contribution in [0, 0.1) is 0 Å². The van der Waals surface area contributed by atoms with Gasteiger partial charge in [0.2, 0.25) is 0 Å². The van der Waals surface area contributed by atoms with Gasteiger partial charge in [0.05, 0.1) is 0 Å². The highest BCUT2D eigenvalue weighted by Crippen LogP contribution is 2.24. The number of hydrogen-bond acceptors (Lipinski definition) is 2. The van der Waals surface area contributed by atoms with Gasteiger partial charge in [-0.1, -0.05) is 18.2 Å². The van der Waals surface area contributed by atoms with Crippen LogP contribution in [-0.4, -0.2) is 10.2 Å². The van der Waals surface area contributed by atoms with Crippen molar-refractivity contribution in [2.45, 2.75) is 6.23 Å². The van der Waals surface area contributed by atoms with Gasteiger partial charge in [0.15, 0.2) is 11.3 Å². The quantitative estimate of drug-likeness (QED) is 0.521. The summed E-state index contributed by atoms with van der Waals surface area (Å²) in [7, 11) is 0. The SMILES string of the molecule is OC1NC(=S)Nc2ccccc21. The number of anilines is 1. The average Bonchev–Trinajstić information content (AvgIpc) is 2.04. The van der Waals surface area contributed by atoms with E-state index in [0.717, 1.165) is 11.3 Å². The summed E-state index contributed by atoms with van der Waals surface area (Å²) >= 11 is 4.88. The number of thiocarbonyl (C=S) groups is 1. The Morgan fingerprint density at radius 1 is 1.33 bits per heavy atom. The summed E-state index contributed by atoms with van der Waals surface area (Å²) in [6.45, 7) is 0. The first-order valence-corrected chi connectivity index (χ1v) is 4.03. The van der Waals surface area contributed by atoms with Crippen LogP contribution in [0.2, 0.25) is 0 Å². The minimum Gasteiger partial charge on any atom is -0.369 e. The highest BCUT2D eigenvalue weighted by molar-refractivity contribution is 7.80. The molecule has 0 aromatic heterocycles. The Labute approximate surface area is 75.4 Å². The normalized spacial score (nSPS) is 20.8. The van der Waals surface area contributed by atoms with Crippen molar-refractivity contribution in [2.75, 3.05) is 5.32 Å². The summed E-state index contributed by atoms with van der Waals surface area (Å²) in [5.41, 5.74) is 1.69. The maximum atomic E-state index is 9.49. The van der Waals surface area contributed by atoms with E-state index < -0.39 is 6.23 Å². The molecule has 1 heterocycles. The molecule has 0 bridgehead atoms. The summed E-state index contributed by atoms with van der Waals surface area (Å²) in [5, 5.41) is 15.6. The molecule has 0 spiro atoms. The molecule has 2 rings (SSSR count). The molecule has 3 N–H and O–H groups in total. The lowest BCUT2D eigenvalue weighted by atomic mass is 10.1. The zero-order chi connectivity index (χ0) is 8.55. The van der Waals surface area contributed by atoms with Crippen LogP contribution in [0.15, 0.2) is 24.3 Å². The molecule has 1 aromatic rings. The van der Waals surface area contributed by atoms with Crippen LogP contribution in [0.25, 0.3) is 0 Å². The van der Waals surface area contributed by atoms with E-state index in [0.29, 0.717) is 5.11 Å². The van der Waals surface area contributed by atoms with Crippen LogP contribution >= 0.6 is 12.2 Å². The number of aliphatic hydroxyl groups excluding tert-OH is 1. The van der Waals surface area contributed by atoms with Crippen molar-refractivity contribution >= 4 is 23.0 Å². The number of benzene rings is 1. The van der Waals surface area contributed by atoms with E-state index in [1.54, 1.807) is 0 Å². The van der Waals surface area contributed by atoms with Crippen LogP contribution in [0.4, 0.5) is 5.69 Å². The minimum absolute atomic E-state index is 0.459. The second kappa shape index (κ2) is 2.73. The van der Waals surface area contributed by atoms with Crippen molar-refractivity contribution in [3.8, 4) is 0 Å². The lowest BCUT2D eigenvalue weighted by Crippen LogP contribution is -2.37. The lowest BCUT2D eigenvalue weighted by molar-refractivity contribution is 0.162. The van der Waals surface area contributed by atoms with E-state index in [9.17, 15) is 5.11 Å². The van der Waals surface area contributed by atoms with Gasteiger partial charge in [-0.05, 0) is 18.3 Å². The van der Waals surface area contributed by atoms with Crippen molar-refractivity contribution < 1.29 is 5.11 Å². The van der Waals surface area contributed by atoms with Gasteiger partial charge >= 0.3 is 0 Å². The summed E-state index contributed by atoms with van der Waals surface area (Å²) in [6, 6.07) is 7.50. The highest BCUT2D eigenvalue weighted by atomic mass is 32.1. The lowest BCUT2D eigenvalue weighted by Gasteiger charge is -2.24. The van der Waals surface area contributed by atoms with Crippen molar-refractivity contribution in [1.82, 2.24) is 5.32 Å². The van der Waals surface area contributed by atoms with E-state index in [-0.39, 0.29) is 0 Å². The summed E-state index contributed by atoms with van der Waals surface area (Å²) in [6.07, 6.45) is -0.685. The standard InChI is InChI=1S/C8H8N2OS/c11-7-5-3-1-2-4-6(5)9-8(12)10-7/h1-4,7,11H,(H2,9,10,12). The van der Waals surface area contributed by atoms with Crippen LogP contribution in [-0.2, 0) is 0 Å². The largest absolute Gasteiger partial charge is 0.369 e. The van der Waals surface area contributed by atoms with E-state index in [1.807, 2.05) is 24.3 Å². The molecule has 0 saturated carbocycles. The van der Waals surface area contributed by atoms with Gasteiger partial charge in [-0.15, -0.1) is 0 Å². The highest BCUT2D eigenvalue weighted by Gasteiger charge is 2.18. The van der Waals surface area contributed by atoms with Gasteiger partial charge in [0.1, 0.15) is 0 Å². The van der Waals surface area contributed by atoms with Gasteiger partial charge in [-0.25, -0.2) is 0 Å².